The van der Waals surface area contributed by atoms with Gasteiger partial charge in [-0.15, -0.1) is 21.5 Å². The predicted octanol–water partition coefficient (Wildman–Crippen LogP) is 1.42. The van der Waals surface area contributed by atoms with Crippen LogP contribution in [0.2, 0.25) is 0 Å². The molecule has 0 saturated carbocycles. The van der Waals surface area contributed by atoms with Crippen LogP contribution >= 0.6 is 11.3 Å². The van der Waals surface area contributed by atoms with Crippen molar-refractivity contribution in [2.75, 3.05) is 0 Å². The van der Waals surface area contributed by atoms with E-state index in [1.165, 1.54) is 11.3 Å². The van der Waals surface area contributed by atoms with Gasteiger partial charge in [0.25, 0.3) is 5.89 Å². The molecule has 5 nitrogen and oxygen atoms in total. The standard InChI is InChI=1S/C8H9N3O2S/c1-8(2,12)7-11-10-5(13-7)6-9-3-4-14-6/h3-4,12H,1-2H3. The Kier molecular flexibility index (Phi) is 2.09. The maximum atomic E-state index is 9.59. The van der Waals surface area contributed by atoms with Gasteiger partial charge < -0.3 is 9.52 Å². The van der Waals surface area contributed by atoms with Crippen molar-refractivity contribution in [3.63, 3.8) is 0 Å². The number of thiazole rings is 1. The Balaban J connectivity index is 2.36. The Morgan fingerprint density at radius 1 is 1.43 bits per heavy atom. The largest absolute Gasteiger partial charge is 0.415 e. The number of rotatable bonds is 2. The van der Waals surface area contributed by atoms with Crippen molar-refractivity contribution < 1.29 is 9.52 Å². The van der Waals surface area contributed by atoms with Gasteiger partial charge in [-0.25, -0.2) is 4.98 Å². The summed E-state index contributed by atoms with van der Waals surface area (Å²) in [6.45, 7) is 3.18. The van der Waals surface area contributed by atoms with E-state index in [0.29, 0.717) is 10.9 Å². The lowest BCUT2D eigenvalue weighted by atomic mass is 10.1. The lowest BCUT2D eigenvalue weighted by Crippen LogP contribution is -2.15. The molecule has 0 saturated heterocycles. The third-order valence-electron chi connectivity index (χ3n) is 1.56. The molecule has 0 aromatic carbocycles. The average Bonchev–Trinajstić information content (AvgIpc) is 2.73. The van der Waals surface area contributed by atoms with Gasteiger partial charge in [0.05, 0.1) is 0 Å². The number of hydrogen-bond acceptors (Lipinski definition) is 6. The van der Waals surface area contributed by atoms with Crippen molar-refractivity contribution in [2.24, 2.45) is 0 Å². The van der Waals surface area contributed by atoms with Crippen molar-refractivity contribution in [1.82, 2.24) is 15.2 Å². The maximum Gasteiger partial charge on any atom is 0.276 e. The zero-order chi connectivity index (χ0) is 10.2. The molecule has 2 aromatic heterocycles. The van der Waals surface area contributed by atoms with Gasteiger partial charge in [-0.05, 0) is 13.8 Å². The van der Waals surface area contributed by atoms with E-state index in [9.17, 15) is 5.11 Å². The summed E-state index contributed by atoms with van der Waals surface area (Å²) in [6.07, 6.45) is 1.66. The molecular formula is C8H9N3O2S. The first-order chi connectivity index (χ1) is 6.57. The molecule has 14 heavy (non-hydrogen) atoms. The molecule has 1 N–H and O–H groups in total. The topological polar surface area (TPSA) is 72.0 Å². The lowest BCUT2D eigenvalue weighted by Gasteiger charge is -2.09. The Bertz CT molecular complexity index is 416. The molecule has 0 aliphatic rings. The first-order valence-corrected chi connectivity index (χ1v) is 4.91. The fourth-order valence-electron chi connectivity index (χ4n) is 0.886. The molecule has 0 amide bonds. The summed E-state index contributed by atoms with van der Waals surface area (Å²) < 4.78 is 5.27. The van der Waals surface area contributed by atoms with Crippen LogP contribution in [0.5, 0.6) is 0 Å². The summed E-state index contributed by atoms with van der Waals surface area (Å²) in [5.41, 5.74) is -1.11. The first-order valence-electron chi connectivity index (χ1n) is 4.03. The van der Waals surface area contributed by atoms with Crippen molar-refractivity contribution in [3.05, 3.63) is 17.5 Å². The second-order valence-electron chi connectivity index (χ2n) is 3.31. The molecular weight excluding hydrogens is 202 g/mol. The van der Waals surface area contributed by atoms with Crippen LogP contribution in [0.1, 0.15) is 19.7 Å². The Morgan fingerprint density at radius 3 is 2.71 bits per heavy atom. The minimum absolute atomic E-state index is 0.197. The second-order valence-corrected chi connectivity index (χ2v) is 4.20. The van der Waals surface area contributed by atoms with Crippen molar-refractivity contribution in [2.45, 2.75) is 19.4 Å². The summed E-state index contributed by atoms with van der Waals surface area (Å²) >= 11 is 1.41. The molecule has 2 rings (SSSR count). The van der Waals surface area contributed by atoms with E-state index in [4.69, 9.17) is 4.42 Å². The summed E-state index contributed by atoms with van der Waals surface area (Å²) in [4.78, 5) is 4.02. The van der Waals surface area contributed by atoms with E-state index >= 15 is 0 Å². The van der Waals surface area contributed by atoms with Crippen LogP contribution in [0.25, 0.3) is 10.9 Å². The van der Waals surface area contributed by atoms with Gasteiger partial charge in [-0.1, -0.05) is 0 Å². The summed E-state index contributed by atoms with van der Waals surface area (Å²) in [6, 6.07) is 0. The van der Waals surface area contributed by atoms with Crippen molar-refractivity contribution in [3.8, 4) is 10.9 Å². The molecule has 2 aromatic rings. The zero-order valence-corrected chi connectivity index (χ0v) is 8.58. The predicted molar refractivity (Wildman–Crippen MR) is 50.7 cm³/mol. The Labute approximate surface area is 84.4 Å². The highest BCUT2D eigenvalue weighted by Crippen LogP contribution is 2.24. The second kappa shape index (κ2) is 3.14. The third-order valence-corrected chi connectivity index (χ3v) is 2.32. The summed E-state index contributed by atoms with van der Waals surface area (Å²) in [5, 5.41) is 19.6. The van der Waals surface area contributed by atoms with E-state index in [-0.39, 0.29) is 5.89 Å². The van der Waals surface area contributed by atoms with Crippen LogP contribution in [0.3, 0.4) is 0 Å². The molecule has 74 valence electrons. The Hall–Kier alpha value is -1.27. The molecule has 0 fully saturated rings. The third kappa shape index (κ3) is 1.66. The highest BCUT2D eigenvalue weighted by atomic mass is 32.1. The first kappa shape index (κ1) is 9.29. The molecule has 0 unspecified atom stereocenters. The van der Waals surface area contributed by atoms with E-state index < -0.39 is 5.60 Å². The number of aromatic nitrogens is 3. The van der Waals surface area contributed by atoms with Gasteiger partial charge in [0.1, 0.15) is 5.60 Å². The molecule has 0 radical (unpaired) electrons. The molecule has 0 aliphatic heterocycles. The van der Waals surface area contributed by atoms with E-state index in [0.717, 1.165) is 0 Å². The minimum atomic E-state index is -1.11. The van der Waals surface area contributed by atoms with Gasteiger partial charge in [0.2, 0.25) is 5.89 Å². The van der Waals surface area contributed by atoms with Gasteiger partial charge in [0, 0.05) is 11.6 Å². The smallest absolute Gasteiger partial charge is 0.276 e. The van der Waals surface area contributed by atoms with E-state index in [2.05, 4.69) is 15.2 Å². The van der Waals surface area contributed by atoms with Gasteiger partial charge in [-0.3, -0.25) is 0 Å². The van der Waals surface area contributed by atoms with Crippen LogP contribution in [-0.2, 0) is 5.60 Å². The van der Waals surface area contributed by atoms with Crippen molar-refractivity contribution >= 4 is 11.3 Å². The highest BCUT2D eigenvalue weighted by Gasteiger charge is 2.24. The summed E-state index contributed by atoms with van der Waals surface area (Å²) in [5.74, 6) is 0.542. The number of aliphatic hydroxyl groups is 1. The lowest BCUT2D eigenvalue weighted by molar-refractivity contribution is 0.0488. The SMILES string of the molecule is CC(C)(O)c1nnc(-c2nccs2)o1. The van der Waals surface area contributed by atoms with Gasteiger partial charge in [0.15, 0.2) is 5.01 Å². The molecule has 6 heteroatoms. The fraction of sp³-hybridized carbons (Fsp3) is 0.375. The quantitative estimate of drug-likeness (QED) is 0.813. The van der Waals surface area contributed by atoms with Crippen molar-refractivity contribution in [1.29, 1.82) is 0 Å². The fourth-order valence-corrected chi connectivity index (χ4v) is 1.44. The zero-order valence-electron chi connectivity index (χ0n) is 7.76. The molecule has 0 bridgehead atoms. The highest BCUT2D eigenvalue weighted by molar-refractivity contribution is 7.12. The maximum absolute atomic E-state index is 9.59. The minimum Gasteiger partial charge on any atom is -0.415 e. The average molecular weight is 211 g/mol. The molecule has 0 spiro atoms. The van der Waals surface area contributed by atoms with Gasteiger partial charge >= 0.3 is 0 Å². The molecule has 0 aliphatic carbocycles. The van der Waals surface area contributed by atoms with E-state index in [1.807, 2.05) is 5.38 Å². The van der Waals surface area contributed by atoms with Crippen LogP contribution < -0.4 is 0 Å². The van der Waals surface area contributed by atoms with Crippen LogP contribution in [0, 0.1) is 0 Å². The van der Waals surface area contributed by atoms with Crippen LogP contribution in [0.4, 0.5) is 0 Å². The normalized spacial score (nSPS) is 11.9. The molecule has 0 atom stereocenters. The Morgan fingerprint density at radius 2 is 2.21 bits per heavy atom. The summed E-state index contributed by atoms with van der Waals surface area (Å²) in [7, 11) is 0. The number of nitrogens with zero attached hydrogens (tertiary/aromatic N) is 3. The van der Waals surface area contributed by atoms with E-state index in [1.54, 1.807) is 20.0 Å². The monoisotopic (exact) mass is 211 g/mol. The van der Waals surface area contributed by atoms with Crippen LogP contribution in [-0.4, -0.2) is 20.3 Å². The molecule has 2 heterocycles. The van der Waals surface area contributed by atoms with Crippen LogP contribution in [0.15, 0.2) is 16.0 Å². The number of hydrogen-bond donors (Lipinski definition) is 1. The van der Waals surface area contributed by atoms with Gasteiger partial charge in [-0.2, -0.15) is 0 Å².